The van der Waals surface area contributed by atoms with Crippen LogP contribution in [0, 0.1) is 5.82 Å². The number of aromatic nitrogens is 1. The van der Waals surface area contributed by atoms with E-state index in [1.807, 2.05) is 0 Å². The van der Waals surface area contributed by atoms with Gasteiger partial charge in [0.1, 0.15) is 17.3 Å². The monoisotopic (exact) mass is 352 g/mol. The van der Waals surface area contributed by atoms with Crippen molar-refractivity contribution < 1.29 is 18.7 Å². The molecule has 3 aromatic rings. The predicted octanol–water partition coefficient (Wildman–Crippen LogP) is 3.95. The summed E-state index contributed by atoms with van der Waals surface area (Å²) in [5.41, 5.74) is 1.16. The van der Waals surface area contributed by atoms with Crippen LogP contribution in [0.4, 0.5) is 4.39 Å². The molecule has 0 fully saturated rings. The van der Waals surface area contributed by atoms with E-state index in [1.54, 1.807) is 61.8 Å². The smallest absolute Gasteiger partial charge is 0.251 e. The summed E-state index contributed by atoms with van der Waals surface area (Å²) in [6, 6.07) is 16.2. The average Bonchev–Trinajstić information content (AvgIpc) is 2.67. The summed E-state index contributed by atoms with van der Waals surface area (Å²) in [7, 11) is 1.54. The minimum absolute atomic E-state index is 0.217. The number of methoxy groups -OCH3 is 1. The first-order valence-electron chi connectivity index (χ1n) is 7.95. The second-order valence-corrected chi connectivity index (χ2v) is 5.44. The quantitative estimate of drug-likeness (QED) is 0.730. The van der Waals surface area contributed by atoms with Gasteiger partial charge >= 0.3 is 0 Å². The summed E-state index contributed by atoms with van der Waals surface area (Å²) in [5.74, 6) is 0.609. The zero-order valence-corrected chi connectivity index (χ0v) is 14.1. The molecular weight excluding hydrogens is 335 g/mol. The molecule has 5 nitrogen and oxygen atoms in total. The lowest BCUT2D eigenvalue weighted by Gasteiger charge is -2.11. The average molecular weight is 352 g/mol. The Hall–Kier alpha value is -3.41. The van der Waals surface area contributed by atoms with E-state index >= 15 is 0 Å². The SMILES string of the molecule is COc1cccc(C(=O)NCc2cccnc2Oc2cccc(F)c2)c1. The zero-order valence-electron chi connectivity index (χ0n) is 14.1. The summed E-state index contributed by atoms with van der Waals surface area (Å²) in [6.07, 6.45) is 1.57. The Balaban J connectivity index is 1.71. The van der Waals surface area contributed by atoms with Crippen molar-refractivity contribution in [2.45, 2.75) is 6.54 Å². The molecule has 0 radical (unpaired) electrons. The van der Waals surface area contributed by atoms with Crippen LogP contribution in [0.2, 0.25) is 0 Å². The summed E-state index contributed by atoms with van der Waals surface area (Å²) in [4.78, 5) is 16.5. The molecule has 0 spiro atoms. The van der Waals surface area contributed by atoms with Crippen molar-refractivity contribution in [1.29, 1.82) is 0 Å². The normalized spacial score (nSPS) is 10.2. The van der Waals surface area contributed by atoms with E-state index in [2.05, 4.69) is 10.3 Å². The molecule has 26 heavy (non-hydrogen) atoms. The van der Waals surface area contributed by atoms with Crippen molar-refractivity contribution in [3.05, 3.63) is 83.8 Å². The Bertz CT molecular complexity index is 915. The summed E-state index contributed by atoms with van der Waals surface area (Å²) < 4.78 is 24.1. The lowest BCUT2D eigenvalue weighted by molar-refractivity contribution is 0.0950. The first kappa shape index (κ1) is 17.4. The van der Waals surface area contributed by atoms with Crippen molar-refractivity contribution in [2.24, 2.45) is 0 Å². The third kappa shape index (κ3) is 4.36. The molecule has 6 heteroatoms. The van der Waals surface area contributed by atoms with Gasteiger partial charge in [0, 0.05) is 29.9 Å². The highest BCUT2D eigenvalue weighted by Crippen LogP contribution is 2.23. The molecule has 0 saturated carbocycles. The minimum atomic E-state index is -0.397. The highest BCUT2D eigenvalue weighted by Gasteiger charge is 2.10. The number of benzene rings is 2. The Morgan fingerprint density at radius 3 is 2.69 bits per heavy atom. The molecule has 0 aliphatic rings. The Kier molecular flexibility index (Phi) is 5.43. The fraction of sp³-hybridized carbons (Fsp3) is 0.100. The number of hydrogen-bond donors (Lipinski definition) is 1. The Morgan fingerprint density at radius 2 is 1.88 bits per heavy atom. The Labute approximate surface area is 150 Å². The number of hydrogen-bond acceptors (Lipinski definition) is 4. The molecule has 1 N–H and O–H groups in total. The van der Waals surface area contributed by atoms with Gasteiger partial charge in [-0.2, -0.15) is 0 Å². The first-order chi connectivity index (χ1) is 12.7. The summed E-state index contributed by atoms with van der Waals surface area (Å²) in [6.45, 7) is 0.217. The maximum Gasteiger partial charge on any atom is 0.251 e. The van der Waals surface area contributed by atoms with Crippen LogP contribution in [0.25, 0.3) is 0 Å². The van der Waals surface area contributed by atoms with E-state index < -0.39 is 5.82 Å². The van der Waals surface area contributed by atoms with E-state index in [1.165, 1.54) is 12.1 Å². The number of pyridine rings is 1. The van der Waals surface area contributed by atoms with E-state index in [4.69, 9.17) is 9.47 Å². The highest BCUT2D eigenvalue weighted by molar-refractivity contribution is 5.94. The molecule has 132 valence electrons. The second-order valence-electron chi connectivity index (χ2n) is 5.44. The van der Waals surface area contributed by atoms with Crippen LogP contribution in [0.5, 0.6) is 17.4 Å². The van der Waals surface area contributed by atoms with Gasteiger partial charge in [0.2, 0.25) is 5.88 Å². The van der Waals surface area contributed by atoms with Crippen LogP contribution < -0.4 is 14.8 Å². The molecule has 1 heterocycles. The number of ether oxygens (including phenoxy) is 2. The van der Waals surface area contributed by atoms with E-state index in [0.29, 0.717) is 28.5 Å². The third-order valence-electron chi connectivity index (χ3n) is 3.63. The number of carbonyl (C=O) groups excluding carboxylic acids is 1. The molecule has 0 bridgehead atoms. The van der Waals surface area contributed by atoms with E-state index in [0.717, 1.165) is 0 Å². The minimum Gasteiger partial charge on any atom is -0.497 e. The molecular formula is C20H17FN2O3. The van der Waals surface area contributed by atoms with Gasteiger partial charge < -0.3 is 14.8 Å². The molecule has 1 amide bonds. The van der Waals surface area contributed by atoms with Gasteiger partial charge in [0.05, 0.1) is 7.11 Å². The summed E-state index contributed by atoms with van der Waals surface area (Å²) >= 11 is 0. The van der Waals surface area contributed by atoms with Gasteiger partial charge in [-0.15, -0.1) is 0 Å². The van der Waals surface area contributed by atoms with Gasteiger partial charge in [-0.1, -0.05) is 18.2 Å². The summed E-state index contributed by atoms with van der Waals surface area (Å²) in [5, 5.41) is 2.82. The second kappa shape index (κ2) is 8.11. The van der Waals surface area contributed by atoms with Gasteiger partial charge in [-0.05, 0) is 36.4 Å². The van der Waals surface area contributed by atoms with Crippen molar-refractivity contribution in [3.8, 4) is 17.4 Å². The predicted molar refractivity (Wildman–Crippen MR) is 94.9 cm³/mol. The van der Waals surface area contributed by atoms with E-state index in [-0.39, 0.29) is 12.5 Å². The highest BCUT2D eigenvalue weighted by atomic mass is 19.1. The molecule has 0 saturated heterocycles. The van der Waals surface area contributed by atoms with Gasteiger partial charge in [-0.3, -0.25) is 4.79 Å². The van der Waals surface area contributed by atoms with Crippen molar-refractivity contribution in [3.63, 3.8) is 0 Å². The molecule has 0 unspecified atom stereocenters. The molecule has 0 aliphatic carbocycles. The third-order valence-corrected chi connectivity index (χ3v) is 3.63. The lowest BCUT2D eigenvalue weighted by atomic mass is 10.2. The first-order valence-corrected chi connectivity index (χ1v) is 7.95. The molecule has 1 aromatic heterocycles. The molecule has 0 atom stereocenters. The molecule has 3 rings (SSSR count). The molecule has 2 aromatic carbocycles. The standard InChI is InChI=1S/C20H17FN2O3/c1-25-17-8-2-5-14(11-17)19(24)23-13-15-6-4-10-22-20(15)26-18-9-3-7-16(21)12-18/h2-12H,13H2,1H3,(H,23,24). The van der Waals surface area contributed by atoms with Crippen molar-refractivity contribution in [2.75, 3.05) is 7.11 Å². The molecule has 0 aliphatic heterocycles. The number of amides is 1. The van der Waals surface area contributed by atoms with Crippen LogP contribution in [0.15, 0.2) is 66.9 Å². The fourth-order valence-corrected chi connectivity index (χ4v) is 2.33. The van der Waals surface area contributed by atoms with E-state index in [9.17, 15) is 9.18 Å². The number of carbonyl (C=O) groups is 1. The lowest BCUT2D eigenvalue weighted by Crippen LogP contribution is -2.23. The van der Waals surface area contributed by atoms with Crippen LogP contribution in [0.1, 0.15) is 15.9 Å². The van der Waals surface area contributed by atoms with Crippen LogP contribution in [0.3, 0.4) is 0 Å². The van der Waals surface area contributed by atoms with Gasteiger partial charge in [0.25, 0.3) is 5.91 Å². The maximum atomic E-state index is 13.3. The number of rotatable bonds is 6. The van der Waals surface area contributed by atoms with Crippen LogP contribution in [-0.4, -0.2) is 18.0 Å². The topological polar surface area (TPSA) is 60.5 Å². The zero-order chi connectivity index (χ0) is 18.4. The number of nitrogens with zero attached hydrogens (tertiary/aromatic N) is 1. The van der Waals surface area contributed by atoms with Crippen molar-refractivity contribution >= 4 is 5.91 Å². The van der Waals surface area contributed by atoms with Crippen molar-refractivity contribution in [1.82, 2.24) is 10.3 Å². The van der Waals surface area contributed by atoms with Gasteiger partial charge in [0.15, 0.2) is 0 Å². The Morgan fingerprint density at radius 1 is 1.08 bits per heavy atom. The van der Waals surface area contributed by atoms with Crippen LogP contribution in [-0.2, 0) is 6.54 Å². The largest absolute Gasteiger partial charge is 0.497 e. The van der Waals surface area contributed by atoms with Gasteiger partial charge in [-0.25, -0.2) is 9.37 Å². The van der Waals surface area contributed by atoms with Crippen LogP contribution >= 0.6 is 0 Å². The number of nitrogens with one attached hydrogen (secondary N) is 1. The fourth-order valence-electron chi connectivity index (χ4n) is 2.33. The number of halogens is 1. The maximum absolute atomic E-state index is 13.3.